The van der Waals surface area contributed by atoms with Crippen LogP contribution in [0.1, 0.15) is 21.5 Å². The average Bonchev–Trinajstić information content (AvgIpc) is 2.64. The highest BCUT2D eigenvalue weighted by Crippen LogP contribution is 2.25. The Morgan fingerprint density at radius 2 is 1.93 bits per heavy atom. The minimum atomic E-state index is -1.40. The van der Waals surface area contributed by atoms with E-state index in [2.05, 4.69) is 0 Å². The topological polar surface area (TPSA) is 79.5 Å². The second kappa shape index (κ2) is 7.46. The van der Waals surface area contributed by atoms with Crippen molar-refractivity contribution in [3.8, 4) is 0 Å². The van der Waals surface area contributed by atoms with E-state index in [9.17, 15) is 28.6 Å². The fourth-order valence-corrected chi connectivity index (χ4v) is 3.11. The molecule has 0 unspecified atom stereocenters. The Hall–Kier alpha value is -2.77. The molecule has 0 aliphatic heterocycles. The predicted molar refractivity (Wildman–Crippen MR) is 96.4 cm³/mol. The van der Waals surface area contributed by atoms with Gasteiger partial charge in [0, 0.05) is 30.1 Å². The molecular weight excluding hydrogens is 380 g/mol. The van der Waals surface area contributed by atoms with Crippen LogP contribution in [-0.2, 0) is 13.0 Å². The summed E-state index contributed by atoms with van der Waals surface area (Å²) in [5, 5.41) is 18.3. The summed E-state index contributed by atoms with van der Waals surface area (Å²) < 4.78 is 29.6. The standard InChI is InChI=1S/C19H14ClF2NO4/c20-14-2-3-15(21)11(17(14)22)7-10-1-4-16-12(8-10)18(25)13(19(26)27)9-23(16)5-6-24/h1-4,8-9,24H,5-7H2,(H,26,27). The van der Waals surface area contributed by atoms with E-state index in [1.807, 2.05) is 0 Å². The zero-order valence-electron chi connectivity index (χ0n) is 13.9. The van der Waals surface area contributed by atoms with Gasteiger partial charge in [-0.2, -0.15) is 0 Å². The molecule has 0 saturated heterocycles. The zero-order valence-corrected chi connectivity index (χ0v) is 14.6. The van der Waals surface area contributed by atoms with Gasteiger partial charge in [0.15, 0.2) is 0 Å². The molecule has 8 heteroatoms. The van der Waals surface area contributed by atoms with E-state index in [-0.39, 0.29) is 35.5 Å². The van der Waals surface area contributed by atoms with Crippen molar-refractivity contribution in [3.05, 3.63) is 80.1 Å². The van der Waals surface area contributed by atoms with Gasteiger partial charge < -0.3 is 14.8 Å². The van der Waals surface area contributed by atoms with Gasteiger partial charge in [-0.1, -0.05) is 17.7 Å². The Labute approximate surface area is 157 Å². The van der Waals surface area contributed by atoms with Gasteiger partial charge in [0.25, 0.3) is 0 Å². The van der Waals surface area contributed by atoms with Crippen LogP contribution in [-0.4, -0.2) is 27.4 Å². The van der Waals surface area contributed by atoms with Crippen molar-refractivity contribution in [2.24, 2.45) is 0 Å². The number of aromatic nitrogens is 1. The quantitative estimate of drug-likeness (QED) is 0.652. The second-order valence-corrected chi connectivity index (χ2v) is 6.35. The molecule has 0 atom stereocenters. The third-order valence-corrected chi connectivity index (χ3v) is 4.53. The summed E-state index contributed by atoms with van der Waals surface area (Å²) in [6, 6.07) is 6.70. The molecule has 0 bridgehead atoms. The van der Waals surface area contributed by atoms with E-state index in [4.69, 9.17) is 11.6 Å². The van der Waals surface area contributed by atoms with Crippen LogP contribution in [0.4, 0.5) is 8.78 Å². The molecule has 2 N–H and O–H groups in total. The van der Waals surface area contributed by atoms with Gasteiger partial charge in [-0.25, -0.2) is 13.6 Å². The van der Waals surface area contributed by atoms with Gasteiger partial charge in [-0.15, -0.1) is 0 Å². The van der Waals surface area contributed by atoms with Crippen molar-refractivity contribution < 1.29 is 23.8 Å². The van der Waals surface area contributed by atoms with Crippen LogP contribution in [0.2, 0.25) is 5.02 Å². The first-order valence-electron chi connectivity index (χ1n) is 7.96. The van der Waals surface area contributed by atoms with Crippen LogP contribution in [0.5, 0.6) is 0 Å². The number of aromatic carboxylic acids is 1. The summed E-state index contributed by atoms with van der Waals surface area (Å²) in [4.78, 5) is 23.8. The molecule has 5 nitrogen and oxygen atoms in total. The molecule has 0 fully saturated rings. The number of benzene rings is 2. The third kappa shape index (κ3) is 3.56. The molecule has 3 rings (SSSR count). The SMILES string of the molecule is O=C(O)c1cn(CCO)c2ccc(Cc3c(F)ccc(Cl)c3F)cc2c1=O. The zero-order chi connectivity index (χ0) is 19.7. The molecule has 0 saturated carbocycles. The smallest absolute Gasteiger partial charge is 0.341 e. The minimum absolute atomic E-state index is 0.0868. The average molecular weight is 394 g/mol. The summed E-state index contributed by atoms with van der Waals surface area (Å²) >= 11 is 5.70. The van der Waals surface area contributed by atoms with Crippen molar-refractivity contribution in [2.45, 2.75) is 13.0 Å². The van der Waals surface area contributed by atoms with Crippen LogP contribution < -0.4 is 5.43 Å². The molecule has 3 aromatic rings. The second-order valence-electron chi connectivity index (χ2n) is 5.94. The first kappa shape index (κ1) is 19.0. The number of halogens is 3. The molecule has 0 aliphatic rings. The van der Waals surface area contributed by atoms with Crippen molar-refractivity contribution in [1.82, 2.24) is 4.57 Å². The molecule has 1 aromatic heterocycles. The number of carboxylic acids is 1. The van der Waals surface area contributed by atoms with Gasteiger partial charge in [-0.05, 0) is 29.8 Å². The maximum absolute atomic E-state index is 14.1. The molecule has 1 heterocycles. The van der Waals surface area contributed by atoms with Gasteiger partial charge >= 0.3 is 5.97 Å². The maximum atomic E-state index is 14.1. The van der Waals surface area contributed by atoms with E-state index in [0.29, 0.717) is 11.1 Å². The number of hydrogen-bond donors (Lipinski definition) is 2. The Bertz CT molecular complexity index is 1110. The first-order valence-corrected chi connectivity index (χ1v) is 8.34. The largest absolute Gasteiger partial charge is 0.477 e. The molecular formula is C19H14ClF2NO4. The lowest BCUT2D eigenvalue weighted by atomic mass is 10.0. The highest BCUT2D eigenvalue weighted by molar-refractivity contribution is 6.30. The van der Waals surface area contributed by atoms with Crippen molar-refractivity contribution in [3.63, 3.8) is 0 Å². The molecule has 0 amide bonds. The predicted octanol–water partition coefficient (Wildman–Crippen LogP) is 3.21. The Balaban J connectivity index is 2.18. The van der Waals surface area contributed by atoms with Crippen LogP contribution in [0.3, 0.4) is 0 Å². The van der Waals surface area contributed by atoms with Crippen molar-refractivity contribution in [1.29, 1.82) is 0 Å². The van der Waals surface area contributed by atoms with Crippen LogP contribution in [0, 0.1) is 11.6 Å². The van der Waals surface area contributed by atoms with Crippen molar-refractivity contribution >= 4 is 28.5 Å². The van der Waals surface area contributed by atoms with E-state index in [0.717, 1.165) is 12.1 Å². The number of aliphatic hydroxyl groups excluding tert-OH is 1. The number of carboxylic acid groups (broad SMARTS) is 1. The van der Waals surface area contributed by atoms with E-state index >= 15 is 0 Å². The highest BCUT2D eigenvalue weighted by atomic mass is 35.5. The minimum Gasteiger partial charge on any atom is -0.477 e. The number of rotatable bonds is 5. The monoisotopic (exact) mass is 393 g/mol. The van der Waals surface area contributed by atoms with Crippen LogP contribution in [0.15, 0.2) is 41.3 Å². The number of nitrogens with zero attached hydrogens (tertiary/aromatic N) is 1. The molecule has 27 heavy (non-hydrogen) atoms. The molecule has 0 radical (unpaired) electrons. The summed E-state index contributed by atoms with van der Waals surface area (Å²) in [5.74, 6) is -3.05. The van der Waals surface area contributed by atoms with E-state index in [1.165, 1.54) is 16.8 Å². The number of aliphatic hydroxyl groups is 1. The molecule has 0 aliphatic carbocycles. The summed E-state index contributed by atoms with van der Waals surface area (Å²) in [5.41, 5.74) is -0.576. The lowest BCUT2D eigenvalue weighted by molar-refractivity contribution is 0.0694. The van der Waals surface area contributed by atoms with Gasteiger partial charge in [0.05, 0.1) is 17.1 Å². The first-order chi connectivity index (χ1) is 12.8. The maximum Gasteiger partial charge on any atom is 0.341 e. The molecule has 2 aromatic carbocycles. The van der Waals surface area contributed by atoms with Crippen molar-refractivity contribution in [2.75, 3.05) is 6.61 Å². The lowest BCUT2D eigenvalue weighted by Crippen LogP contribution is -2.20. The third-order valence-electron chi connectivity index (χ3n) is 4.24. The Morgan fingerprint density at radius 1 is 1.19 bits per heavy atom. The normalized spacial score (nSPS) is 11.1. The summed E-state index contributed by atoms with van der Waals surface area (Å²) in [6.45, 7) is -0.161. The lowest BCUT2D eigenvalue weighted by Gasteiger charge is -2.13. The number of carbonyl (C=O) groups is 1. The van der Waals surface area contributed by atoms with Gasteiger partial charge in [-0.3, -0.25) is 4.79 Å². The van der Waals surface area contributed by atoms with Gasteiger partial charge in [0.2, 0.25) is 5.43 Å². The number of pyridine rings is 1. The fourth-order valence-electron chi connectivity index (χ4n) is 2.93. The summed E-state index contributed by atoms with van der Waals surface area (Å²) in [7, 11) is 0. The van der Waals surface area contributed by atoms with E-state index < -0.39 is 28.6 Å². The Kier molecular flexibility index (Phi) is 5.25. The van der Waals surface area contributed by atoms with Gasteiger partial charge in [0.1, 0.15) is 17.2 Å². The van der Waals surface area contributed by atoms with Crippen LogP contribution >= 0.6 is 11.6 Å². The number of hydrogen-bond acceptors (Lipinski definition) is 3. The van der Waals surface area contributed by atoms with E-state index in [1.54, 1.807) is 12.1 Å². The Morgan fingerprint density at radius 3 is 2.59 bits per heavy atom. The molecule has 0 spiro atoms. The molecule has 140 valence electrons. The number of fused-ring (bicyclic) bond motifs is 1. The fraction of sp³-hybridized carbons (Fsp3) is 0.158. The summed E-state index contributed by atoms with van der Waals surface area (Å²) in [6.07, 6.45) is 1.00. The van der Waals surface area contributed by atoms with Crippen LogP contribution in [0.25, 0.3) is 10.9 Å². The highest BCUT2D eigenvalue weighted by Gasteiger charge is 2.17.